The average molecular weight is 1900 g/mol. The summed E-state index contributed by atoms with van der Waals surface area (Å²) in [4.78, 5) is 59.3. The van der Waals surface area contributed by atoms with Crippen LogP contribution in [0.2, 0.25) is 0 Å². The van der Waals surface area contributed by atoms with Crippen molar-refractivity contribution >= 4 is 33.6 Å². The van der Waals surface area contributed by atoms with Gasteiger partial charge in [-0.2, -0.15) is 0 Å². The summed E-state index contributed by atoms with van der Waals surface area (Å²) in [5.41, 5.74) is 0. The van der Waals surface area contributed by atoms with E-state index >= 15 is 0 Å². The summed E-state index contributed by atoms with van der Waals surface area (Å²) in [5.74, 6) is -1.55. The van der Waals surface area contributed by atoms with Gasteiger partial charge in [-0.3, -0.25) is 32.5 Å². The molecule has 0 saturated carbocycles. The highest BCUT2D eigenvalue weighted by Gasteiger charge is 2.30. The Kier molecular flexibility index (Phi) is 102. The van der Waals surface area contributed by atoms with Crippen molar-refractivity contribution in [1.82, 2.24) is 0 Å². The second-order valence-corrected chi connectivity index (χ2v) is 39.3. The van der Waals surface area contributed by atoms with Gasteiger partial charge in [-0.25, -0.2) is 9.13 Å². The van der Waals surface area contributed by atoms with Crippen LogP contribution in [0, 0.1) is 0 Å². The molecule has 0 saturated heterocycles. The molecule has 0 spiro atoms. The van der Waals surface area contributed by atoms with Crippen molar-refractivity contribution in [2.75, 3.05) is 39.6 Å². The number of rotatable bonds is 103. The van der Waals surface area contributed by atoms with E-state index in [4.69, 9.17) is 32.3 Å². The van der Waals surface area contributed by atoms with Crippen LogP contribution in [-0.2, 0) is 55.8 Å². The number of phosphoric ester groups is 2. The second-order valence-electron chi connectivity index (χ2n) is 36.4. The smallest absolute Gasteiger partial charge is 0.463 e. The maximum Gasteiger partial charge on any atom is 0.472 e. The fourth-order valence-corrected chi connectivity index (χ4v) is 16.8. The van der Waals surface area contributed by atoms with Crippen LogP contribution < -0.4 is 0 Å². The molecule has 0 heterocycles. The van der Waals surface area contributed by atoms with E-state index < -0.39 is 91.5 Å². The Balaban J connectivity index is 4.56. The lowest BCUT2D eigenvalue weighted by Gasteiger charge is -2.21. The highest BCUT2D eigenvalue weighted by Crippen LogP contribution is 2.45. The Morgan fingerprint density at radius 3 is 0.632 bits per heavy atom. The SMILES string of the molecule is CC/C=C\C/C=C\C/C=C\C/C=C\C/C=C\CCCCCCCCCCCCCCCCCCCCCC(=O)OCC(O)COP(=O)(O)OCC(O)COP(=O)(O)OCC(COC(=O)CCCCCCCCCCCCCCCCCCCCC/C=C\C/C=C\C/C=C\C/C=C\C/C=C\CC)OC(=O)CCCCCCCCCCCCC/C=C\C/C=C\C/C=C\C/C=C\CCCCC. The monoisotopic (exact) mass is 1900 g/mol. The molecule has 18 heteroatoms. The summed E-state index contributed by atoms with van der Waals surface area (Å²) in [6.07, 6.45) is 140. The fourth-order valence-electron chi connectivity index (χ4n) is 15.3. The van der Waals surface area contributed by atoms with Crippen LogP contribution in [0.3, 0.4) is 0 Å². The lowest BCUT2D eigenvalue weighted by molar-refractivity contribution is -0.161. The summed E-state index contributed by atoms with van der Waals surface area (Å²) in [6, 6.07) is 0. The van der Waals surface area contributed by atoms with E-state index in [1.54, 1.807) is 0 Å². The molecule has 5 unspecified atom stereocenters. The molecule has 0 aliphatic carbocycles. The van der Waals surface area contributed by atoms with Gasteiger partial charge in [-0.1, -0.05) is 480 Å². The summed E-state index contributed by atoms with van der Waals surface area (Å²) in [5, 5.41) is 20.8. The number of phosphoric acid groups is 2. The van der Waals surface area contributed by atoms with Crippen LogP contribution in [0.1, 0.15) is 483 Å². The standard InChI is InChI=1S/C115H200O16P2/c1-4-7-10-13-16-19-22-25-28-31-34-37-40-43-46-48-50-52-54-56-58-60-63-65-68-71-74-77-80-83-86-89-92-95-98-101-113(118)125-104-110(116)105-127-132(121,122)128-106-111(117)107-129-133(123,124)130-109-112(131-115(120)103-100-97-94-91-88-85-82-79-76-73-70-67-62-45-42-39-36-33-30-27-24-21-18-15-12-9-6-3)108-126-114(119)102-99-96-93-90-87-84-81-78-75-72-69-66-64-61-59-57-55-53-51-49-47-44-41-38-35-32-29-26-23-20-17-14-11-8-5-2/h7-8,10-11,16-21,25-30,34-39,43-47,62,110-112,116-117H,4-6,9,12-15,22-24,31-33,40-42,48-61,63-109H2,1-3H3,(H,121,122)(H,123,124)/b10-7-,11-8-,19-16-,20-17-,21-18-,28-25-,29-26-,30-27-,37-34-,38-35-,39-36-,46-43-,47-44-,62-45-. The molecule has 0 amide bonds. The molecular formula is C115H200O16P2. The highest BCUT2D eigenvalue weighted by atomic mass is 31.2. The van der Waals surface area contributed by atoms with E-state index in [1.165, 1.54) is 270 Å². The van der Waals surface area contributed by atoms with Crippen LogP contribution >= 0.6 is 15.6 Å². The molecule has 0 radical (unpaired) electrons. The van der Waals surface area contributed by atoms with E-state index in [-0.39, 0.29) is 19.3 Å². The lowest BCUT2D eigenvalue weighted by atomic mass is 10.0. The van der Waals surface area contributed by atoms with Gasteiger partial charge in [0.15, 0.2) is 6.10 Å². The maximum atomic E-state index is 13.1. The third kappa shape index (κ3) is 107. The molecule has 0 fully saturated rings. The molecule has 0 aromatic heterocycles. The topological polar surface area (TPSA) is 231 Å². The summed E-state index contributed by atoms with van der Waals surface area (Å²) in [6.45, 7) is 2.52. The normalized spacial score (nSPS) is 14.2. The Labute approximate surface area is 815 Å². The van der Waals surface area contributed by atoms with Crippen LogP contribution in [-0.4, -0.2) is 95.9 Å². The lowest BCUT2D eigenvalue weighted by Crippen LogP contribution is -2.30. The molecule has 0 rings (SSSR count). The zero-order valence-electron chi connectivity index (χ0n) is 85.1. The van der Waals surface area contributed by atoms with Crippen molar-refractivity contribution in [3.8, 4) is 0 Å². The molecule has 0 bridgehead atoms. The second kappa shape index (κ2) is 106. The number of allylic oxidation sites excluding steroid dienone is 28. The molecule has 766 valence electrons. The first-order valence-corrected chi connectivity index (χ1v) is 57.4. The number of carbonyl (C=O) groups is 3. The van der Waals surface area contributed by atoms with E-state index in [1.807, 2.05) is 0 Å². The minimum absolute atomic E-state index is 0.100. The first-order valence-electron chi connectivity index (χ1n) is 54.4. The van der Waals surface area contributed by atoms with Crippen LogP contribution in [0.4, 0.5) is 0 Å². The first-order chi connectivity index (χ1) is 65.2. The minimum atomic E-state index is -4.95. The Morgan fingerprint density at radius 2 is 0.398 bits per heavy atom. The summed E-state index contributed by atoms with van der Waals surface area (Å²) < 4.78 is 61.8. The van der Waals surface area contributed by atoms with Crippen LogP contribution in [0.25, 0.3) is 0 Å². The van der Waals surface area contributed by atoms with E-state index in [2.05, 4.69) is 191 Å². The van der Waals surface area contributed by atoms with Gasteiger partial charge in [-0.05, 0) is 154 Å². The summed E-state index contributed by atoms with van der Waals surface area (Å²) >= 11 is 0. The zero-order valence-corrected chi connectivity index (χ0v) is 86.9. The summed E-state index contributed by atoms with van der Waals surface area (Å²) in [7, 11) is -9.82. The molecule has 0 aromatic carbocycles. The quantitative estimate of drug-likeness (QED) is 0.0146. The molecule has 0 aliphatic rings. The molecule has 5 atom stereocenters. The van der Waals surface area contributed by atoms with E-state index in [0.717, 1.165) is 154 Å². The maximum absolute atomic E-state index is 13.1. The number of carbonyl (C=O) groups excluding carboxylic acids is 3. The van der Waals surface area contributed by atoms with E-state index in [9.17, 15) is 43.5 Å². The van der Waals surface area contributed by atoms with Gasteiger partial charge >= 0.3 is 33.6 Å². The molecule has 0 aliphatic heterocycles. The number of aliphatic hydroxyl groups excluding tert-OH is 2. The third-order valence-corrected chi connectivity index (χ3v) is 25.3. The van der Waals surface area contributed by atoms with Crippen molar-refractivity contribution in [2.24, 2.45) is 0 Å². The molecule has 0 aromatic rings. The fraction of sp³-hybridized carbons (Fsp3) is 0.730. The molecule has 4 N–H and O–H groups in total. The number of aliphatic hydroxyl groups is 2. The predicted octanol–water partition coefficient (Wildman–Crippen LogP) is 34.9. The first kappa shape index (κ1) is 128. The van der Waals surface area contributed by atoms with Crippen LogP contribution in [0.15, 0.2) is 170 Å². The number of hydrogen-bond donors (Lipinski definition) is 4. The van der Waals surface area contributed by atoms with Gasteiger partial charge in [0.2, 0.25) is 0 Å². The molecular weight excluding hydrogens is 1700 g/mol. The van der Waals surface area contributed by atoms with Crippen molar-refractivity contribution in [3.05, 3.63) is 170 Å². The Hall–Kier alpha value is -5.09. The van der Waals surface area contributed by atoms with Crippen molar-refractivity contribution in [1.29, 1.82) is 0 Å². The number of ether oxygens (including phenoxy) is 3. The average Bonchev–Trinajstić information content (AvgIpc) is 0.896. The van der Waals surface area contributed by atoms with Crippen LogP contribution in [0.5, 0.6) is 0 Å². The predicted molar refractivity (Wildman–Crippen MR) is 565 cm³/mol. The van der Waals surface area contributed by atoms with E-state index in [0.29, 0.717) is 19.3 Å². The Morgan fingerprint density at radius 1 is 0.218 bits per heavy atom. The minimum Gasteiger partial charge on any atom is -0.463 e. The zero-order chi connectivity index (χ0) is 96.4. The van der Waals surface area contributed by atoms with Gasteiger partial charge in [0.05, 0.1) is 26.4 Å². The number of esters is 3. The highest BCUT2D eigenvalue weighted by molar-refractivity contribution is 7.47. The molecule has 133 heavy (non-hydrogen) atoms. The van der Waals surface area contributed by atoms with Gasteiger partial charge in [0.1, 0.15) is 25.4 Å². The largest absolute Gasteiger partial charge is 0.472 e. The van der Waals surface area contributed by atoms with Crippen molar-refractivity contribution in [3.63, 3.8) is 0 Å². The van der Waals surface area contributed by atoms with Gasteiger partial charge in [0, 0.05) is 19.3 Å². The van der Waals surface area contributed by atoms with Gasteiger partial charge in [-0.15, -0.1) is 0 Å². The van der Waals surface area contributed by atoms with Crippen molar-refractivity contribution in [2.45, 2.75) is 501 Å². The van der Waals surface area contributed by atoms with Gasteiger partial charge in [0.25, 0.3) is 0 Å². The molecule has 16 nitrogen and oxygen atoms in total. The van der Waals surface area contributed by atoms with Gasteiger partial charge < -0.3 is 34.2 Å². The Bertz CT molecular complexity index is 3100. The third-order valence-electron chi connectivity index (χ3n) is 23.4. The number of unbranched alkanes of at least 4 members (excludes halogenated alkanes) is 52. The van der Waals surface area contributed by atoms with Crippen molar-refractivity contribution < 1.29 is 75.8 Å². The number of hydrogen-bond acceptors (Lipinski definition) is 14.